The molecule has 0 fully saturated rings. The fourth-order valence-corrected chi connectivity index (χ4v) is 2.68. The Labute approximate surface area is 107 Å². The van der Waals surface area contributed by atoms with Crippen molar-refractivity contribution in [1.29, 1.82) is 0 Å². The molecule has 0 spiro atoms. The molecule has 0 saturated carbocycles. The summed E-state index contributed by atoms with van der Waals surface area (Å²) in [6, 6.07) is 4.60. The van der Waals surface area contributed by atoms with Gasteiger partial charge < -0.3 is 5.11 Å². The normalized spacial score (nSPS) is 12.1. The first-order chi connectivity index (χ1) is 7.91. The van der Waals surface area contributed by atoms with Gasteiger partial charge in [-0.25, -0.2) is 0 Å². The van der Waals surface area contributed by atoms with Crippen molar-refractivity contribution < 1.29 is 14.8 Å². The van der Waals surface area contributed by atoms with E-state index in [2.05, 4.69) is 0 Å². The van der Waals surface area contributed by atoms with Gasteiger partial charge in [-0.1, -0.05) is 24.6 Å². The number of carboxylic acids is 1. The molecule has 0 aliphatic carbocycles. The highest BCUT2D eigenvalue weighted by Crippen LogP contribution is 2.37. The maximum Gasteiger partial charge on any atom is 0.304 e. The second-order valence-corrected chi connectivity index (χ2v) is 5.26. The molecule has 0 bridgehead atoms. The number of nitrogens with zero attached hydrogens (tertiary/aromatic N) is 1. The Kier molecular flexibility index (Phi) is 4.77. The van der Waals surface area contributed by atoms with Gasteiger partial charge in [0.05, 0.1) is 16.2 Å². The van der Waals surface area contributed by atoms with Crippen LogP contribution in [-0.4, -0.2) is 21.2 Å². The van der Waals surface area contributed by atoms with Crippen molar-refractivity contribution in [3.8, 4) is 0 Å². The number of carboxylic acid groups (broad SMARTS) is 1. The second kappa shape index (κ2) is 5.88. The second-order valence-electron chi connectivity index (χ2n) is 3.37. The fraction of sp³-hybridized carbons (Fsp3) is 0.300. The molecule has 17 heavy (non-hydrogen) atoms. The number of benzene rings is 1. The Morgan fingerprint density at radius 2 is 2.29 bits per heavy atom. The molecule has 0 heterocycles. The quantitative estimate of drug-likeness (QED) is 0.507. The zero-order valence-electron chi connectivity index (χ0n) is 8.92. The molecule has 7 heteroatoms. The lowest BCUT2D eigenvalue weighted by atomic mass is 10.3. The van der Waals surface area contributed by atoms with Crippen molar-refractivity contribution in [2.24, 2.45) is 0 Å². The van der Waals surface area contributed by atoms with Crippen LogP contribution in [0, 0.1) is 10.1 Å². The molecule has 0 aliphatic rings. The van der Waals surface area contributed by atoms with E-state index in [1.807, 2.05) is 0 Å². The lowest BCUT2D eigenvalue weighted by molar-refractivity contribution is -0.387. The van der Waals surface area contributed by atoms with E-state index in [9.17, 15) is 14.9 Å². The summed E-state index contributed by atoms with van der Waals surface area (Å²) in [5.74, 6) is -0.935. The molecule has 0 aromatic heterocycles. The van der Waals surface area contributed by atoms with Gasteiger partial charge in [-0.05, 0) is 12.1 Å². The largest absolute Gasteiger partial charge is 0.481 e. The molecule has 0 saturated heterocycles. The monoisotopic (exact) mass is 275 g/mol. The lowest BCUT2D eigenvalue weighted by Gasteiger charge is -2.09. The molecule has 0 aliphatic heterocycles. The van der Waals surface area contributed by atoms with Gasteiger partial charge in [0.1, 0.15) is 5.02 Å². The summed E-state index contributed by atoms with van der Waals surface area (Å²) in [7, 11) is 0. The van der Waals surface area contributed by atoms with E-state index in [1.54, 1.807) is 19.1 Å². The van der Waals surface area contributed by atoms with Gasteiger partial charge >= 0.3 is 11.7 Å². The van der Waals surface area contributed by atoms with Gasteiger partial charge in [0.15, 0.2) is 0 Å². The van der Waals surface area contributed by atoms with Crippen molar-refractivity contribution >= 4 is 35.0 Å². The molecule has 1 rings (SSSR count). The minimum absolute atomic E-state index is 0.0579. The van der Waals surface area contributed by atoms with Crippen LogP contribution in [0.1, 0.15) is 13.3 Å². The Morgan fingerprint density at radius 3 is 2.82 bits per heavy atom. The number of hydrogen-bond donors (Lipinski definition) is 1. The van der Waals surface area contributed by atoms with E-state index in [-0.39, 0.29) is 22.4 Å². The Balaban J connectivity index is 2.94. The van der Waals surface area contributed by atoms with Gasteiger partial charge in [-0.3, -0.25) is 14.9 Å². The van der Waals surface area contributed by atoms with Crippen LogP contribution in [0.5, 0.6) is 0 Å². The van der Waals surface area contributed by atoms with Crippen molar-refractivity contribution in [1.82, 2.24) is 0 Å². The zero-order chi connectivity index (χ0) is 13.0. The van der Waals surface area contributed by atoms with Gasteiger partial charge in [0.25, 0.3) is 0 Å². The number of hydrogen-bond acceptors (Lipinski definition) is 4. The van der Waals surface area contributed by atoms with Crippen molar-refractivity contribution in [3.63, 3.8) is 0 Å². The molecule has 0 radical (unpaired) electrons. The highest BCUT2D eigenvalue weighted by molar-refractivity contribution is 8.00. The molecule has 92 valence electrons. The predicted molar refractivity (Wildman–Crippen MR) is 65.7 cm³/mol. The van der Waals surface area contributed by atoms with E-state index in [0.29, 0.717) is 4.90 Å². The minimum atomic E-state index is -0.935. The van der Waals surface area contributed by atoms with E-state index >= 15 is 0 Å². The fourth-order valence-electron chi connectivity index (χ4n) is 1.27. The predicted octanol–water partition coefficient (Wildman–Crippen LogP) is 3.20. The molecule has 0 amide bonds. The minimum Gasteiger partial charge on any atom is -0.481 e. The van der Waals surface area contributed by atoms with Crippen molar-refractivity contribution in [2.75, 3.05) is 0 Å². The van der Waals surface area contributed by atoms with Crippen LogP contribution in [0.3, 0.4) is 0 Å². The van der Waals surface area contributed by atoms with E-state index in [1.165, 1.54) is 6.07 Å². The number of rotatable bonds is 5. The highest BCUT2D eigenvalue weighted by Gasteiger charge is 2.21. The van der Waals surface area contributed by atoms with Gasteiger partial charge in [-0.15, -0.1) is 11.8 Å². The van der Waals surface area contributed by atoms with E-state index in [4.69, 9.17) is 16.7 Å². The molecule has 1 atom stereocenters. The molecule has 1 unspecified atom stereocenters. The third-order valence-corrected chi connectivity index (χ3v) is 3.38. The van der Waals surface area contributed by atoms with Gasteiger partial charge in [0.2, 0.25) is 0 Å². The maximum atomic E-state index is 10.8. The van der Waals surface area contributed by atoms with Crippen molar-refractivity contribution in [3.05, 3.63) is 33.3 Å². The van der Waals surface area contributed by atoms with Crippen LogP contribution in [0.4, 0.5) is 5.69 Å². The average molecular weight is 276 g/mol. The van der Waals surface area contributed by atoms with Gasteiger partial charge in [-0.2, -0.15) is 0 Å². The summed E-state index contributed by atoms with van der Waals surface area (Å²) in [6.45, 7) is 1.70. The summed E-state index contributed by atoms with van der Waals surface area (Å²) in [5, 5.41) is 19.3. The maximum absolute atomic E-state index is 10.8. The summed E-state index contributed by atoms with van der Waals surface area (Å²) in [4.78, 5) is 21.2. The third kappa shape index (κ3) is 3.90. The topological polar surface area (TPSA) is 80.4 Å². The first-order valence-corrected chi connectivity index (χ1v) is 5.99. The van der Waals surface area contributed by atoms with Crippen LogP contribution in [0.15, 0.2) is 23.1 Å². The zero-order valence-corrected chi connectivity index (χ0v) is 10.5. The van der Waals surface area contributed by atoms with Gasteiger partial charge in [0, 0.05) is 5.25 Å². The first-order valence-electron chi connectivity index (χ1n) is 4.73. The highest BCUT2D eigenvalue weighted by atomic mass is 35.5. The average Bonchev–Trinajstić information content (AvgIpc) is 2.15. The van der Waals surface area contributed by atoms with Crippen LogP contribution in [0.25, 0.3) is 0 Å². The smallest absolute Gasteiger partial charge is 0.304 e. The Bertz CT molecular complexity index is 452. The Morgan fingerprint density at radius 1 is 1.65 bits per heavy atom. The molecular weight excluding hydrogens is 266 g/mol. The summed E-state index contributed by atoms with van der Waals surface area (Å²) >= 11 is 6.88. The SMILES string of the molecule is CC(CC(=O)O)Sc1cccc(Cl)c1[N+](=O)[O-]. The summed E-state index contributed by atoms with van der Waals surface area (Å²) < 4.78 is 0. The van der Waals surface area contributed by atoms with Crippen molar-refractivity contribution in [2.45, 2.75) is 23.5 Å². The summed E-state index contributed by atoms with van der Waals surface area (Å²) in [5.41, 5.74) is -0.170. The van der Waals surface area contributed by atoms with Crippen LogP contribution < -0.4 is 0 Å². The van der Waals surface area contributed by atoms with E-state index in [0.717, 1.165) is 11.8 Å². The standard InChI is InChI=1S/C10H10ClNO4S/c1-6(5-9(13)14)17-8-4-2-3-7(11)10(8)12(15)16/h2-4,6H,5H2,1H3,(H,13,14). The summed E-state index contributed by atoms with van der Waals surface area (Å²) in [6.07, 6.45) is -0.0612. The lowest BCUT2D eigenvalue weighted by Crippen LogP contribution is -2.06. The molecule has 5 nitrogen and oxygen atoms in total. The molecular formula is C10H10ClNO4S. The molecule has 1 aromatic rings. The van der Waals surface area contributed by atoms with Crippen LogP contribution >= 0.6 is 23.4 Å². The van der Waals surface area contributed by atoms with Crippen LogP contribution in [-0.2, 0) is 4.79 Å². The Hall–Kier alpha value is -1.27. The number of nitro benzene ring substituents is 1. The number of nitro groups is 1. The number of aliphatic carboxylic acids is 1. The van der Waals surface area contributed by atoms with Crippen LogP contribution in [0.2, 0.25) is 5.02 Å². The van der Waals surface area contributed by atoms with E-state index < -0.39 is 10.9 Å². The number of carbonyl (C=O) groups is 1. The number of para-hydroxylation sites is 1. The first kappa shape index (κ1) is 13.8. The number of thioether (sulfide) groups is 1. The molecule has 1 N–H and O–H groups in total. The third-order valence-electron chi connectivity index (χ3n) is 1.92. The number of halogens is 1. The molecule has 1 aromatic carbocycles.